The summed E-state index contributed by atoms with van der Waals surface area (Å²) in [7, 11) is 0. The SMILES string of the molecule is Cc1ccc(C#Cc2ccc(CCO)cc2)s1. The first-order valence-corrected chi connectivity index (χ1v) is 6.38. The monoisotopic (exact) mass is 242 g/mol. The second kappa shape index (κ2) is 5.67. The summed E-state index contributed by atoms with van der Waals surface area (Å²) in [6.45, 7) is 2.28. The molecule has 0 unspecified atom stereocenters. The van der Waals surface area contributed by atoms with E-state index in [1.54, 1.807) is 11.3 Å². The summed E-state index contributed by atoms with van der Waals surface area (Å²) in [5.74, 6) is 6.29. The minimum atomic E-state index is 0.194. The summed E-state index contributed by atoms with van der Waals surface area (Å²) in [6.07, 6.45) is 0.706. The van der Waals surface area contributed by atoms with E-state index in [2.05, 4.69) is 24.8 Å². The number of hydrogen-bond acceptors (Lipinski definition) is 2. The summed E-state index contributed by atoms with van der Waals surface area (Å²) in [6, 6.07) is 12.2. The predicted octanol–water partition coefficient (Wildman–Crippen LogP) is 2.99. The molecule has 0 spiro atoms. The lowest BCUT2D eigenvalue weighted by Gasteiger charge is -1.96. The molecule has 1 aromatic heterocycles. The lowest BCUT2D eigenvalue weighted by molar-refractivity contribution is 0.299. The smallest absolute Gasteiger partial charge is 0.0775 e. The Morgan fingerprint density at radius 2 is 1.82 bits per heavy atom. The van der Waals surface area contributed by atoms with E-state index >= 15 is 0 Å². The molecule has 0 atom stereocenters. The number of aliphatic hydroxyl groups excluding tert-OH is 1. The van der Waals surface area contributed by atoms with E-state index in [9.17, 15) is 0 Å². The molecule has 1 aromatic carbocycles. The number of thiophene rings is 1. The Hall–Kier alpha value is -1.56. The van der Waals surface area contributed by atoms with Crippen molar-refractivity contribution in [2.45, 2.75) is 13.3 Å². The molecular formula is C15H14OS. The molecule has 1 nitrogen and oxygen atoms in total. The van der Waals surface area contributed by atoms with Crippen LogP contribution in [-0.2, 0) is 6.42 Å². The van der Waals surface area contributed by atoms with E-state index in [1.165, 1.54) is 4.88 Å². The van der Waals surface area contributed by atoms with E-state index < -0.39 is 0 Å². The van der Waals surface area contributed by atoms with E-state index in [0.717, 1.165) is 16.0 Å². The Bertz CT molecular complexity index is 540. The Labute approximate surface area is 106 Å². The Kier molecular flexibility index (Phi) is 3.98. The highest BCUT2D eigenvalue weighted by Gasteiger charge is 1.93. The highest BCUT2D eigenvalue weighted by molar-refractivity contribution is 7.12. The van der Waals surface area contributed by atoms with Crippen LogP contribution in [-0.4, -0.2) is 11.7 Å². The fourth-order valence-electron chi connectivity index (χ4n) is 1.52. The maximum Gasteiger partial charge on any atom is 0.0775 e. The number of aryl methyl sites for hydroxylation is 1. The van der Waals surface area contributed by atoms with Crippen LogP contribution >= 0.6 is 11.3 Å². The van der Waals surface area contributed by atoms with Crippen LogP contribution < -0.4 is 0 Å². The summed E-state index contributed by atoms with van der Waals surface area (Å²) in [5.41, 5.74) is 2.16. The van der Waals surface area contributed by atoms with Gasteiger partial charge in [-0.1, -0.05) is 24.0 Å². The number of aliphatic hydroxyl groups is 1. The van der Waals surface area contributed by atoms with E-state index in [4.69, 9.17) is 5.11 Å². The highest BCUT2D eigenvalue weighted by atomic mass is 32.1. The molecule has 1 N–H and O–H groups in total. The molecule has 0 aliphatic rings. The Morgan fingerprint density at radius 3 is 2.41 bits per heavy atom. The van der Waals surface area contributed by atoms with Crippen molar-refractivity contribution in [3.8, 4) is 11.8 Å². The summed E-state index contributed by atoms with van der Waals surface area (Å²) in [5, 5.41) is 8.82. The molecule has 0 bridgehead atoms. The fourth-order valence-corrected chi connectivity index (χ4v) is 2.24. The van der Waals surface area contributed by atoms with Crippen molar-refractivity contribution in [1.29, 1.82) is 0 Å². The van der Waals surface area contributed by atoms with Crippen molar-refractivity contribution < 1.29 is 5.11 Å². The lowest BCUT2D eigenvalue weighted by atomic mass is 10.1. The second-order valence-electron chi connectivity index (χ2n) is 3.83. The van der Waals surface area contributed by atoms with Gasteiger partial charge in [-0.25, -0.2) is 0 Å². The molecule has 0 fully saturated rings. The van der Waals surface area contributed by atoms with Crippen LogP contribution in [0.3, 0.4) is 0 Å². The van der Waals surface area contributed by atoms with Crippen LogP contribution in [0.5, 0.6) is 0 Å². The van der Waals surface area contributed by atoms with Gasteiger partial charge >= 0.3 is 0 Å². The van der Waals surface area contributed by atoms with Crippen LogP contribution in [0.25, 0.3) is 0 Å². The lowest BCUT2D eigenvalue weighted by Crippen LogP contribution is -1.89. The van der Waals surface area contributed by atoms with Crippen molar-refractivity contribution >= 4 is 11.3 Å². The standard InChI is InChI=1S/C15H14OS/c1-12-2-8-15(17-12)9-7-13-3-5-14(6-4-13)10-11-16/h2-6,8,16H,10-11H2,1H3. The van der Waals surface area contributed by atoms with Crippen molar-refractivity contribution in [3.63, 3.8) is 0 Å². The van der Waals surface area contributed by atoms with Crippen molar-refractivity contribution in [2.24, 2.45) is 0 Å². The molecule has 0 radical (unpaired) electrons. The molecule has 2 rings (SSSR count). The number of benzene rings is 1. The van der Waals surface area contributed by atoms with E-state index in [1.807, 2.05) is 30.3 Å². The largest absolute Gasteiger partial charge is 0.396 e. The average Bonchev–Trinajstić information content (AvgIpc) is 2.75. The maximum absolute atomic E-state index is 8.82. The maximum atomic E-state index is 8.82. The van der Waals surface area contributed by atoms with Gasteiger partial charge in [-0.05, 0) is 43.2 Å². The van der Waals surface area contributed by atoms with Gasteiger partial charge in [-0.2, -0.15) is 0 Å². The molecule has 0 amide bonds. The van der Waals surface area contributed by atoms with Crippen LogP contribution in [0.2, 0.25) is 0 Å². The predicted molar refractivity (Wildman–Crippen MR) is 72.3 cm³/mol. The van der Waals surface area contributed by atoms with Crippen LogP contribution in [0.15, 0.2) is 36.4 Å². The third-order valence-corrected chi connectivity index (χ3v) is 3.34. The van der Waals surface area contributed by atoms with Crippen molar-refractivity contribution in [3.05, 3.63) is 57.3 Å². The molecule has 1 heterocycles. The van der Waals surface area contributed by atoms with Gasteiger partial charge in [0.05, 0.1) is 4.88 Å². The zero-order valence-corrected chi connectivity index (χ0v) is 10.6. The van der Waals surface area contributed by atoms with Crippen molar-refractivity contribution in [1.82, 2.24) is 0 Å². The normalized spacial score (nSPS) is 9.76. The van der Waals surface area contributed by atoms with E-state index in [0.29, 0.717) is 6.42 Å². The third-order valence-electron chi connectivity index (χ3n) is 2.42. The Balaban J connectivity index is 2.11. The van der Waals surface area contributed by atoms with Crippen LogP contribution in [0.4, 0.5) is 0 Å². The minimum Gasteiger partial charge on any atom is -0.396 e. The average molecular weight is 242 g/mol. The second-order valence-corrected chi connectivity index (χ2v) is 5.12. The number of rotatable bonds is 2. The fraction of sp³-hybridized carbons (Fsp3) is 0.200. The van der Waals surface area contributed by atoms with Gasteiger partial charge in [-0.15, -0.1) is 11.3 Å². The first kappa shape index (κ1) is 11.9. The molecule has 2 aromatic rings. The van der Waals surface area contributed by atoms with Gasteiger partial charge < -0.3 is 5.11 Å². The molecule has 2 heteroatoms. The number of hydrogen-bond donors (Lipinski definition) is 1. The molecule has 0 saturated heterocycles. The van der Waals surface area contributed by atoms with Gasteiger partial charge in [0.15, 0.2) is 0 Å². The molecule has 0 aliphatic carbocycles. The molecule has 0 aliphatic heterocycles. The molecule has 0 saturated carbocycles. The van der Waals surface area contributed by atoms with Crippen LogP contribution in [0, 0.1) is 18.8 Å². The minimum absolute atomic E-state index is 0.194. The van der Waals surface area contributed by atoms with Gasteiger partial charge in [0.25, 0.3) is 0 Å². The van der Waals surface area contributed by atoms with Crippen molar-refractivity contribution in [2.75, 3.05) is 6.61 Å². The first-order valence-electron chi connectivity index (χ1n) is 5.56. The van der Waals surface area contributed by atoms with Gasteiger partial charge in [0.1, 0.15) is 0 Å². The van der Waals surface area contributed by atoms with E-state index in [-0.39, 0.29) is 6.61 Å². The summed E-state index contributed by atoms with van der Waals surface area (Å²) >= 11 is 1.71. The topological polar surface area (TPSA) is 20.2 Å². The van der Waals surface area contributed by atoms with Gasteiger partial charge in [0, 0.05) is 17.0 Å². The summed E-state index contributed by atoms with van der Waals surface area (Å²) < 4.78 is 0. The van der Waals surface area contributed by atoms with Gasteiger partial charge in [0.2, 0.25) is 0 Å². The molecule has 86 valence electrons. The summed E-state index contributed by atoms with van der Waals surface area (Å²) in [4.78, 5) is 2.38. The zero-order valence-electron chi connectivity index (χ0n) is 9.73. The van der Waals surface area contributed by atoms with Crippen LogP contribution in [0.1, 0.15) is 20.9 Å². The first-order chi connectivity index (χ1) is 8.28. The third kappa shape index (κ3) is 3.45. The molecule has 17 heavy (non-hydrogen) atoms. The Morgan fingerprint density at radius 1 is 1.06 bits per heavy atom. The highest BCUT2D eigenvalue weighted by Crippen LogP contribution is 2.13. The molecular weight excluding hydrogens is 228 g/mol. The van der Waals surface area contributed by atoms with Gasteiger partial charge in [-0.3, -0.25) is 0 Å². The zero-order chi connectivity index (χ0) is 12.1. The quantitative estimate of drug-likeness (QED) is 0.803.